The van der Waals surface area contributed by atoms with E-state index in [1.54, 1.807) is 26.2 Å². The SMILES string of the molecule is CC(C)(Cn1c(CCCl)nc2cnccc21)S(C)(=O)=O. The lowest BCUT2D eigenvalue weighted by Crippen LogP contribution is -2.36. The molecule has 5 nitrogen and oxygen atoms in total. The normalized spacial score (nSPS) is 13.0. The number of hydrogen-bond acceptors (Lipinski definition) is 4. The molecule has 7 heteroatoms. The molecule has 0 bridgehead atoms. The van der Waals surface area contributed by atoms with Crippen molar-refractivity contribution in [2.75, 3.05) is 12.1 Å². The number of hydrogen-bond donors (Lipinski definition) is 0. The molecule has 0 unspecified atom stereocenters. The number of sulfone groups is 1. The lowest BCUT2D eigenvalue weighted by Gasteiger charge is -2.24. The number of pyridine rings is 1. The van der Waals surface area contributed by atoms with Crippen LogP contribution in [0.4, 0.5) is 0 Å². The number of nitrogens with zero attached hydrogens (tertiary/aromatic N) is 3. The van der Waals surface area contributed by atoms with E-state index in [9.17, 15) is 8.42 Å². The van der Waals surface area contributed by atoms with Gasteiger partial charge in [-0.1, -0.05) is 0 Å². The third kappa shape index (κ3) is 2.81. The summed E-state index contributed by atoms with van der Waals surface area (Å²) in [6.07, 6.45) is 5.21. The summed E-state index contributed by atoms with van der Waals surface area (Å²) in [5.74, 6) is 1.23. The van der Waals surface area contributed by atoms with Crippen molar-refractivity contribution in [1.29, 1.82) is 0 Å². The molecule has 2 aromatic heterocycles. The Bertz CT molecular complexity index is 722. The van der Waals surface area contributed by atoms with E-state index in [2.05, 4.69) is 9.97 Å². The number of rotatable bonds is 5. The van der Waals surface area contributed by atoms with Crippen molar-refractivity contribution >= 4 is 32.5 Å². The van der Waals surface area contributed by atoms with Gasteiger partial charge in [-0.2, -0.15) is 0 Å². The van der Waals surface area contributed by atoms with Gasteiger partial charge in [0.15, 0.2) is 9.84 Å². The average Bonchev–Trinajstić information content (AvgIpc) is 2.66. The Morgan fingerprint density at radius 3 is 2.70 bits per heavy atom. The number of aryl methyl sites for hydroxylation is 1. The van der Waals surface area contributed by atoms with Crippen LogP contribution in [0, 0.1) is 0 Å². The van der Waals surface area contributed by atoms with Crippen molar-refractivity contribution < 1.29 is 8.42 Å². The smallest absolute Gasteiger partial charge is 0.154 e. The molecule has 0 spiro atoms. The van der Waals surface area contributed by atoms with Crippen LogP contribution in [0.15, 0.2) is 18.5 Å². The molecular weight excluding hydrogens is 298 g/mol. The Kier molecular flexibility index (Phi) is 4.07. The summed E-state index contributed by atoms with van der Waals surface area (Å²) >= 11 is 5.81. The molecule has 0 fully saturated rings. The number of aromatic nitrogens is 3. The summed E-state index contributed by atoms with van der Waals surface area (Å²) in [5.41, 5.74) is 1.65. The predicted molar refractivity (Wildman–Crippen MR) is 80.9 cm³/mol. The van der Waals surface area contributed by atoms with Gasteiger partial charge in [0, 0.05) is 31.3 Å². The molecule has 0 atom stereocenters. The van der Waals surface area contributed by atoms with Gasteiger partial charge in [0.05, 0.1) is 16.5 Å². The Labute approximate surface area is 123 Å². The van der Waals surface area contributed by atoms with Gasteiger partial charge in [0.1, 0.15) is 11.3 Å². The first kappa shape index (κ1) is 15.3. The van der Waals surface area contributed by atoms with Crippen LogP contribution in [0.3, 0.4) is 0 Å². The maximum Gasteiger partial charge on any atom is 0.154 e. The number of halogens is 1. The second-order valence-electron chi connectivity index (χ2n) is 5.45. The summed E-state index contributed by atoms with van der Waals surface area (Å²) in [5, 5.41) is 0. The van der Waals surface area contributed by atoms with E-state index in [4.69, 9.17) is 11.6 Å². The molecule has 0 saturated heterocycles. The largest absolute Gasteiger partial charge is 0.326 e. The zero-order valence-corrected chi connectivity index (χ0v) is 13.4. The lowest BCUT2D eigenvalue weighted by molar-refractivity contribution is 0.501. The number of alkyl halides is 1. The van der Waals surface area contributed by atoms with Gasteiger partial charge in [0.25, 0.3) is 0 Å². The van der Waals surface area contributed by atoms with E-state index in [-0.39, 0.29) is 0 Å². The number of fused-ring (bicyclic) bond motifs is 1. The van der Waals surface area contributed by atoms with E-state index in [1.165, 1.54) is 6.26 Å². The van der Waals surface area contributed by atoms with Crippen LogP contribution in [0.25, 0.3) is 11.0 Å². The topological polar surface area (TPSA) is 64.8 Å². The fourth-order valence-corrected chi connectivity index (χ4v) is 2.51. The summed E-state index contributed by atoms with van der Waals surface area (Å²) in [7, 11) is -3.18. The van der Waals surface area contributed by atoms with Gasteiger partial charge in [0.2, 0.25) is 0 Å². The highest BCUT2D eigenvalue weighted by atomic mass is 35.5. The fourth-order valence-electron chi connectivity index (χ4n) is 1.98. The summed E-state index contributed by atoms with van der Waals surface area (Å²) in [6, 6.07) is 1.85. The molecule has 0 aliphatic carbocycles. The van der Waals surface area contributed by atoms with Crippen LogP contribution >= 0.6 is 11.6 Å². The van der Waals surface area contributed by atoms with Crippen molar-refractivity contribution in [3.63, 3.8) is 0 Å². The van der Waals surface area contributed by atoms with Crippen LogP contribution in [0.2, 0.25) is 0 Å². The van der Waals surface area contributed by atoms with Gasteiger partial charge in [-0.05, 0) is 19.9 Å². The second kappa shape index (κ2) is 5.33. The highest BCUT2D eigenvalue weighted by Gasteiger charge is 2.32. The lowest BCUT2D eigenvalue weighted by atomic mass is 10.2. The molecular formula is C13H18ClN3O2S. The van der Waals surface area contributed by atoms with E-state index in [1.807, 2.05) is 10.6 Å². The molecule has 0 saturated carbocycles. The molecule has 0 amide bonds. The van der Waals surface area contributed by atoms with Crippen LogP contribution in [-0.2, 0) is 22.8 Å². The number of imidazole rings is 1. The minimum absolute atomic E-state index is 0.346. The minimum Gasteiger partial charge on any atom is -0.326 e. The van der Waals surface area contributed by atoms with Crippen LogP contribution in [0.1, 0.15) is 19.7 Å². The first-order valence-electron chi connectivity index (χ1n) is 6.31. The molecule has 2 rings (SSSR count). The molecule has 2 aromatic rings. The second-order valence-corrected chi connectivity index (χ2v) is 8.48. The van der Waals surface area contributed by atoms with E-state index in [0.717, 1.165) is 16.9 Å². The van der Waals surface area contributed by atoms with Crippen molar-refractivity contribution in [2.45, 2.75) is 31.6 Å². The maximum absolute atomic E-state index is 11.9. The van der Waals surface area contributed by atoms with Crippen LogP contribution < -0.4 is 0 Å². The van der Waals surface area contributed by atoms with E-state index < -0.39 is 14.6 Å². The Morgan fingerprint density at radius 1 is 1.40 bits per heavy atom. The van der Waals surface area contributed by atoms with Crippen molar-refractivity contribution in [1.82, 2.24) is 14.5 Å². The fraction of sp³-hybridized carbons (Fsp3) is 0.538. The zero-order chi connectivity index (χ0) is 15.0. The van der Waals surface area contributed by atoms with Gasteiger partial charge in [-0.25, -0.2) is 13.4 Å². The first-order valence-corrected chi connectivity index (χ1v) is 8.73. The van der Waals surface area contributed by atoms with Crippen LogP contribution in [-0.4, -0.2) is 39.8 Å². The van der Waals surface area contributed by atoms with Crippen molar-refractivity contribution in [3.05, 3.63) is 24.3 Å². The summed E-state index contributed by atoms with van der Waals surface area (Å²) < 4.78 is 24.9. The summed E-state index contributed by atoms with van der Waals surface area (Å²) in [4.78, 5) is 8.54. The van der Waals surface area contributed by atoms with Gasteiger partial charge >= 0.3 is 0 Å². The zero-order valence-electron chi connectivity index (χ0n) is 11.8. The van der Waals surface area contributed by atoms with Gasteiger partial charge in [-0.15, -0.1) is 11.6 Å². The van der Waals surface area contributed by atoms with Crippen molar-refractivity contribution in [2.24, 2.45) is 0 Å². The van der Waals surface area contributed by atoms with Crippen molar-refractivity contribution in [3.8, 4) is 0 Å². The molecule has 0 N–H and O–H groups in total. The van der Waals surface area contributed by atoms with Gasteiger partial charge in [-0.3, -0.25) is 4.98 Å². The maximum atomic E-state index is 11.9. The third-order valence-corrected chi connectivity index (χ3v) is 5.82. The molecule has 0 radical (unpaired) electrons. The molecule has 110 valence electrons. The predicted octanol–water partition coefficient (Wildman–Crippen LogP) is 2.04. The highest BCUT2D eigenvalue weighted by Crippen LogP contribution is 2.23. The molecule has 0 aliphatic heterocycles. The minimum atomic E-state index is -3.18. The van der Waals surface area contributed by atoms with Crippen LogP contribution in [0.5, 0.6) is 0 Å². The van der Waals surface area contributed by atoms with E-state index >= 15 is 0 Å². The first-order chi connectivity index (χ1) is 9.26. The average molecular weight is 316 g/mol. The quantitative estimate of drug-likeness (QED) is 0.792. The summed E-state index contributed by atoms with van der Waals surface area (Å²) in [6.45, 7) is 3.79. The Balaban J connectivity index is 2.55. The monoisotopic (exact) mass is 315 g/mol. The third-order valence-electron chi connectivity index (χ3n) is 3.49. The molecule has 0 aliphatic rings. The highest BCUT2D eigenvalue weighted by molar-refractivity contribution is 7.92. The van der Waals surface area contributed by atoms with Gasteiger partial charge < -0.3 is 4.57 Å². The molecule has 20 heavy (non-hydrogen) atoms. The Hall–Kier alpha value is -1.14. The van der Waals surface area contributed by atoms with E-state index in [0.29, 0.717) is 18.8 Å². The molecule has 0 aromatic carbocycles. The Morgan fingerprint density at radius 2 is 2.10 bits per heavy atom. The molecule has 2 heterocycles. The standard InChI is InChI=1S/C13H18ClN3O2S/c1-13(2,20(3,18)19)9-17-11-5-7-15-8-10(11)16-12(17)4-6-14/h5,7-8H,4,6,9H2,1-3H3.